The summed E-state index contributed by atoms with van der Waals surface area (Å²) in [7, 11) is 1.93. The molecule has 0 spiro atoms. The molecule has 0 radical (unpaired) electrons. The molecule has 3 nitrogen and oxygen atoms in total. The summed E-state index contributed by atoms with van der Waals surface area (Å²) in [6, 6.07) is 8.48. The largest absolute Gasteiger partial charge is 0.378 e. The van der Waals surface area contributed by atoms with Gasteiger partial charge in [0.1, 0.15) is 0 Å². The average Bonchev–Trinajstić information content (AvgIpc) is 3.19. The lowest BCUT2D eigenvalue weighted by Gasteiger charge is -2.47. The molecular weight excluding hydrogens is 408 g/mol. The predicted octanol–water partition coefficient (Wildman–Crippen LogP) is 6.14. The standard InChI is InChI=1S/C21H27BrN2OS/c1-25-21(17-5-3-2-4-6-17)11-13-24(14-12-21)20-23-15-19(26-20)16-7-9-18(22)10-8-16/h7-10,15,17H,2-6,11-14H2,1H3. The summed E-state index contributed by atoms with van der Waals surface area (Å²) in [5.41, 5.74) is 1.34. The van der Waals surface area contributed by atoms with Crippen molar-refractivity contribution in [3.63, 3.8) is 0 Å². The summed E-state index contributed by atoms with van der Waals surface area (Å²) in [6.07, 6.45) is 11.1. The van der Waals surface area contributed by atoms with Gasteiger partial charge in [0.2, 0.25) is 0 Å². The van der Waals surface area contributed by atoms with Crippen molar-refractivity contribution < 1.29 is 4.74 Å². The molecule has 2 fully saturated rings. The molecule has 26 heavy (non-hydrogen) atoms. The third-order valence-electron chi connectivity index (χ3n) is 6.26. The van der Waals surface area contributed by atoms with Crippen molar-refractivity contribution >= 4 is 32.4 Å². The molecule has 1 saturated carbocycles. The first kappa shape index (κ1) is 18.5. The van der Waals surface area contributed by atoms with Gasteiger partial charge in [0, 0.05) is 30.9 Å². The normalized spacial score (nSPS) is 21.1. The number of rotatable bonds is 4. The first-order chi connectivity index (χ1) is 12.7. The number of aromatic nitrogens is 1. The van der Waals surface area contributed by atoms with E-state index in [0.29, 0.717) is 0 Å². The summed E-state index contributed by atoms with van der Waals surface area (Å²) in [5.74, 6) is 0.748. The van der Waals surface area contributed by atoms with Gasteiger partial charge in [0.05, 0.1) is 10.5 Å². The maximum Gasteiger partial charge on any atom is 0.185 e. The number of hydrogen-bond acceptors (Lipinski definition) is 4. The average molecular weight is 435 g/mol. The fraction of sp³-hybridized carbons (Fsp3) is 0.571. The first-order valence-electron chi connectivity index (χ1n) is 9.72. The highest BCUT2D eigenvalue weighted by Gasteiger charge is 2.42. The summed E-state index contributed by atoms with van der Waals surface area (Å²) in [6.45, 7) is 2.11. The number of methoxy groups -OCH3 is 1. The van der Waals surface area contributed by atoms with Gasteiger partial charge in [0.25, 0.3) is 0 Å². The van der Waals surface area contributed by atoms with Crippen LogP contribution in [0.2, 0.25) is 0 Å². The van der Waals surface area contributed by atoms with Gasteiger partial charge in [-0.05, 0) is 49.3 Å². The molecule has 0 bridgehead atoms. The molecule has 1 aromatic heterocycles. The van der Waals surface area contributed by atoms with Gasteiger partial charge in [-0.2, -0.15) is 0 Å². The molecular formula is C21H27BrN2OS. The SMILES string of the molecule is COC1(C2CCCCC2)CCN(c2ncc(-c3ccc(Br)cc3)s2)CC1. The second-order valence-electron chi connectivity index (χ2n) is 7.60. The first-order valence-corrected chi connectivity index (χ1v) is 11.3. The van der Waals surface area contributed by atoms with E-state index >= 15 is 0 Å². The minimum atomic E-state index is 0.0999. The Morgan fingerprint density at radius 1 is 1.12 bits per heavy atom. The Morgan fingerprint density at radius 3 is 2.46 bits per heavy atom. The van der Waals surface area contributed by atoms with E-state index in [4.69, 9.17) is 9.72 Å². The van der Waals surface area contributed by atoms with E-state index in [0.717, 1.165) is 41.5 Å². The zero-order chi connectivity index (χ0) is 18.0. The summed E-state index contributed by atoms with van der Waals surface area (Å²) < 4.78 is 7.25. The van der Waals surface area contributed by atoms with Crippen LogP contribution < -0.4 is 4.90 Å². The Morgan fingerprint density at radius 2 is 1.81 bits per heavy atom. The molecule has 0 amide bonds. The second-order valence-corrected chi connectivity index (χ2v) is 9.53. The molecule has 140 valence electrons. The van der Waals surface area contributed by atoms with Crippen molar-refractivity contribution in [1.82, 2.24) is 4.98 Å². The highest BCUT2D eigenvalue weighted by atomic mass is 79.9. The fourth-order valence-electron chi connectivity index (χ4n) is 4.64. The van der Waals surface area contributed by atoms with Crippen molar-refractivity contribution in [3.8, 4) is 10.4 Å². The number of hydrogen-bond donors (Lipinski definition) is 0. The van der Waals surface area contributed by atoms with E-state index in [9.17, 15) is 0 Å². The molecule has 0 atom stereocenters. The van der Waals surface area contributed by atoms with Crippen LogP contribution in [0.3, 0.4) is 0 Å². The second kappa shape index (κ2) is 7.99. The topological polar surface area (TPSA) is 25.4 Å². The molecule has 2 aliphatic rings. The fourth-order valence-corrected chi connectivity index (χ4v) is 5.88. The summed E-state index contributed by atoms with van der Waals surface area (Å²) in [5, 5.41) is 1.15. The van der Waals surface area contributed by atoms with Crippen molar-refractivity contribution in [3.05, 3.63) is 34.9 Å². The molecule has 1 aromatic carbocycles. The van der Waals surface area contributed by atoms with Crippen LogP contribution in [-0.4, -0.2) is 30.8 Å². The minimum Gasteiger partial charge on any atom is -0.378 e. The van der Waals surface area contributed by atoms with E-state index in [1.54, 1.807) is 11.3 Å². The third-order valence-corrected chi connectivity index (χ3v) is 7.89. The number of nitrogens with zero attached hydrogens (tertiary/aromatic N) is 2. The van der Waals surface area contributed by atoms with Gasteiger partial charge in [-0.15, -0.1) is 0 Å². The number of piperidine rings is 1. The Labute approximate surface area is 168 Å². The lowest BCUT2D eigenvalue weighted by molar-refractivity contribution is -0.0856. The Bertz CT molecular complexity index is 716. The van der Waals surface area contributed by atoms with E-state index in [1.807, 2.05) is 13.3 Å². The molecule has 2 heterocycles. The Balaban J connectivity index is 1.44. The van der Waals surface area contributed by atoms with Crippen LogP contribution in [0.5, 0.6) is 0 Å². The number of benzene rings is 1. The molecule has 5 heteroatoms. The number of anilines is 1. The van der Waals surface area contributed by atoms with Crippen LogP contribution in [0, 0.1) is 5.92 Å². The van der Waals surface area contributed by atoms with Crippen LogP contribution in [0.25, 0.3) is 10.4 Å². The lowest BCUT2D eigenvalue weighted by atomic mass is 9.72. The molecule has 1 aliphatic heterocycles. The van der Waals surface area contributed by atoms with Crippen LogP contribution in [0.4, 0.5) is 5.13 Å². The van der Waals surface area contributed by atoms with Crippen molar-refractivity contribution in [2.45, 2.75) is 50.5 Å². The van der Waals surface area contributed by atoms with Gasteiger partial charge in [-0.1, -0.05) is 58.7 Å². The molecule has 1 aliphatic carbocycles. The van der Waals surface area contributed by atoms with Crippen LogP contribution in [0.1, 0.15) is 44.9 Å². The number of thiazole rings is 1. The predicted molar refractivity (Wildman–Crippen MR) is 113 cm³/mol. The zero-order valence-corrected chi connectivity index (χ0v) is 17.8. The maximum atomic E-state index is 6.14. The van der Waals surface area contributed by atoms with Gasteiger partial charge in [-0.3, -0.25) is 0 Å². The molecule has 0 N–H and O–H groups in total. The zero-order valence-electron chi connectivity index (χ0n) is 15.4. The monoisotopic (exact) mass is 434 g/mol. The highest BCUT2D eigenvalue weighted by molar-refractivity contribution is 9.10. The highest BCUT2D eigenvalue weighted by Crippen LogP contribution is 2.43. The molecule has 2 aromatic rings. The van der Waals surface area contributed by atoms with Gasteiger partial charge < -0.3 is 9.64 Å². The third kappa shape index (κ3) is 3.71. The van der Waals surface area contributed by atoms with Crippen molar-refractivity contribution in [2.75, 3.05) is 25.1 Å². The molecule has 0 unspecified atom stereocenters. The van der Waals surface area contributed by atoms with Crippen LogP contribution >= 0.6 is 27.3 Å². The van der Waals surface area contributed by atoms with Gasteiger partial charge in [0.15, 0.2) is 5.13 Å². The van der Waals surface area contributed by atoms with Crippen LogP contribution in [-0.2, 0) is 4.74 Å². The lowest BCUT2D eigenvalue weighted by Crippen LogP contribution is -2.50. The van der Waals surface area contributed by atoms with Crippen molar-refractivity contribution in [1.29, 1.82) is 0 Å². The van der Waals surface area contributed by atoms with E-state index in [1.165, 1.54) is 42.5 Å². The smallest absolute Gasteiger partial charge is 0.185 e. The maximum absolute atomic E-state index is 6.14. The molecule has 4 rings (SSSR count). The van der Waals surface area contributed by atoms with Crippen molar-refractivity contribution in [2.24, 2.45) is 5.92 Å². The van der Waals surface area contributed by atoms with E-state index < -0.39 is 0 Å². The van der Waals surface area contributed by atoms with E-state index in [-0.39, 0.29) is 5.60 Å². The summed E-state index contributed by atoms with van der Waals surface area (Å²) >= 11 is 5.30. The minimum absolute atomic E-state index is 0.0999. The number of halogens is 1. The number of ether oxygens (including phenoxy) is 1. The quantitative estimate of drug-likeness (QED) is 0.577. The Hall–Kier alpha value is -0.910. The van der Waals surface area contributed by atoms with Crippen LogP contribution in [0.15, 0.2) is 34.9 Å². The summed E-state index contributed by atoms with van der Waals surface area (Å²) in [4.78, 5) is 8.41. The van der Waals surface area contributed by atoms with E-state index in [2.05, 4.69) is 45.1 Å². The molecule has 1 saturated heterocycles. The van der Waals surface area contributed by atoms with Gasteiger partial charge >= 0.3 is 0 Å². The Kier molecular flexibility index (Phi) is 5.67. The van der Waals surface area contributed by atoms with Gasteiger partial charge in [-0.25, -0.2) is 4.98 Å².